The van der Waals surface area contributed by atoms with Gasteiger partial charge in [0, 0.05) is 30.9 Å². The Morgan fingerprint density at radius 3 is 2.50 bits per heavy atom. The highest BCUT2D eigenvalue weighted by Gasteiger charge is 2.29. The second-order valence-electron chi connectivity index (χ2n) is 5.45. The quantitative estimate of drug-likeness (QED) is 0.517. The third-order valence-electron chi connectivity index (χ3n) is 3.90. The molecule has 0 radical (unpaired) electrons. The van der Waals surface area contributed by atoms with Crippen LogP contribution in [0, 0.1) is 5.92 Å². The highest BCUT2D eigenvalue weighted by atomic mass is 16.2. The van der Waals surface area contributed by atoms with Gasteiger partial charge in [-0.15, -0.1) is 0 Å². The van der Waals surface area contributed by atoms with E-state index in [-0.39, 0.29) is 18.2 Å². The number of anilines is 1. The number of rotatable bonds is 7. The summed E-state index contributed by atoms with van der Waals surface area (Å²) in [5.41, 5.74) is 9.99. The average molecular weight is 329 g/mol. The van der Waals surface area contributed by atoms with Crippen molar-refractivity contribution in [2.24, 2.45) is 11.0 Å². The molecular weight excluding hydrogens is 306 g/mol. The monoisotopic (exact) mass is 329 g/mol. The van der Waals surface area contributed by atoms with Gasteiger partial charge in [0.2, 0.25) is 11.8 Å². The van der Waals surface area contributed by atoms with Crippen molar-refractivity contribution >= 4 is 23.7 Å². The van der Waals surface area contributed by atoms with Gasteiger partial charge in [-0.3, -0.25) is 15.0 Å². The van der Waals surface area contributed by atoms with E-state index in [4.69, 9.17) is 0 Å². The Labute approximate surface area is 141 Å². The molecule has 1 aliphatic rings. The summed E-state index contributed by atoms with van der Waals surface area (Å²) in [4.78, 5) is 25.6. The van der Waals surface area contributed by atoms with Gasteiger partial charge in [0.1, 0.15) is 0 Å². The van der Waals surface area contributed by atoms with Crippen LogP contribution in [0.2, 0.25) is 0 Å². The van der Waals surface area contributed by atoms with Crippen LogP contribution >= 0.6 is 0 Å². The molecule has 2 amide bonds. The van der Waals surface area contributed by atoms with Gasteiger partial charge < -0.3 is 10.3 Å². The van der Waals surface area contributed by atoms with E-state index < -0.39 is 5.92 Å². The summed E-state index contributed by atoms with van der Waals surface area (Å²) < 4.78 is 0. The van der Waals surface area contributed by atoms with Gasteiger partial charge in [-0.05, 0) is 31.5 Å². The van der Waals surface area contributed by atoms with Crippen molar-refractivity contribution in [2.45, 2.75) is 20.3 Å². The third kappa shape index (κ3) is 4.34. The molecule has 0 aromatic heterocycles. The van der Waals surface area contributed by atoms with Crippen LogP contribution in [0.25, 0.3) is 0 Å². The van der Waals surface area contributed by atoms with E-state index in [2.05, 4.69) is 46.7 Å². The molecule has 2 rings (SSSR count). The zero-order valence-electron chi connectivity index (χ0n) is 14.0. The molecule has 0 spiro atoms. The molecule has 128 valence electrons. The number of nitrogens with zero attached hydrogens (tertiary/aromatic N) is 2. The van der Waals surface area contributed by atoms with Gasteiger partial charge in [0.15, 0.2) is 0 Å². The van der Waals surface area contributed by atoms with Crippen LogP contribution < -0.4 is 21.2 Å². The zero-order valence-corrected chi connectivity index (χ0v) is 14.0. The zero-order chi connectivity index (χ0) is 17.5. The summed E-state index contributed by atoms with van der Waals surface area (Å²) in [7, 11) is 0. The van der Waals surface area contributed by atoms with E-state index in [1.807, 2.05) is 24.3 Å². The lowest BCUT2D eigenvalue weighted by molar-refractivity contribution is -0.127. The smallest absolute Gasteiger partial charge is 0.247 e. The van der Waals surface area contributed by atoms with Crippen molar-refractivity contribution in [3.8, 4) is 0 Å². The first-order valence-electron chi connectivity index (χ1n) is 7.96. The van der Waals surface area contributed by atoms with E-state index in [0.29, 0.717) is 5.70 Å². The van der Waals surface area contributed by atoms with Crippen LogP contribution in [0.1, 0.15) is 25.8 Å². The molecule has 1 heterocycles. The Kier molecular flexibility index (Phi) is 5.95. The molecule has 1 aromatic rings. The molecule has 7 heteroatoms. The third-order valence-corrected chi connectivity index (χ3v) is 3.90. The van der Waals surface area contributed by atoms with E-state index in [1.54, 1.807) is 6.21 Å². The maximum absolute atomic E-state index is 11.8. The van der Waals surface area contributed by atoms with Crippen molar-refractivity contribution in [3.63, 3.8) is 0 Å². The first kappa shape index (κ1) is 17.5. The molecule has 0 aliphatic carbocycles. The molecule has 0 unspecified atom stereocenters. The van der Waals surface area contributed by atoms with E-state index in [1.165, 1.54) is 0 Å². The lowest BCUT2D eigenvalue weighted by Crippen LogP contribution is -2.27. The van der Waals surface area contributed by atoms with Crippen LogP contribution in [-0.2, 0) is 9.59 Å². The maximum atomic E-state index is 11.8. The summed E-state index contributed by atoms with van der Waals surface area (Å²) in [5.74, 6) is -1.16. The second-order valence-corrected chi connectivity index (χ2v) is 5.45. The van der Waals surface area contributed by atoms with Crippen LogP contribution in [0.4, 0.5) is 5.69 Å². The van der Waals surface area contributed by atoms with Gasteiger partial charge in [-0.25, -0.2) is 5.43 Å². The van der Waals surface area contributed by atoms with Gasteiger partial charge >= 0.3 is 0 Å². The number of carbonyl (C=O) groups excluding carboxylic acids is 2. The molecule has 3 N–H and O–H groups in total. The summed E-state index contributed by atoms with van der Waals surface area (Å²) in [6.07, 6.45) is 1.58. The summed E-state index contributed by atoms with van der Waals surface area (Å²) in [6.45, 7) is 9.82. The highest BCUT2D eigenvalue weighted by Crippen LogP contribution is 2.15. The second kappa shape index (κ2) is 8.14. The van der Waals surface area contributed by atoms with Crippen molar-refractivity contribution in [3.05, 3.63) is 42.1 Å². The predicted molar refractivity (Wildman–Crippen MR) is 94.3 cm³/mol. The van der Waals surface area contributed by atoms with Crippen molar-refractivity contribution in [1.82, 2.24) is 16.3 Å². The van der Waals surface area contributed by atoms with Crippen LogP contribution in [-0.4, -0.2) is 31.1 Å². The van der Waals surface area contributed by atoms with E-state index in [9.17, 15) is 9.59 Å². The van der Waals surface area contributed by atoms with Crippen molar-refractivity contribution < 1.29 is 9.59 Å². The topological polar surface area (TPSA) is 85.8 Å². The van der Waals surface area contributed by atoms with Crippen LogP contribution in [0.3, 0.4) is 0 Å². The Balaban J connectivity index is 1.86. The molecule has 1 aliphatic heterocycles. The first-order chi connectivity index (χ1) is 11.5. The molecule has 0 bridgehead atoms. The summed E-state index contributed by atoms with van der Waals surface area (Å²) in [6, 6.07) is 7.93. The summed E-state index contributed by atoms with van der Waals surface area (Å²) in [5, 5.41) is 3.93. The Hall–Kier alpha value is -2.83. The van der Waals surface area contributed by atoms with Gasteiger partial charge in [-0.2, -0.15) is 5.10 Å². The van der Waals surface area contributed by atoms with Crippen molar-refractivity contribution in [2.75, 3.05) is 18.0 Å². The van der Waals surface area contributed by atoms with E-state index >= 15 is 0 Å². The molecule has 24 heavy (non-hydrogen) atoms. The number of hydrazone groups is 1. The predicted octanol–water partition coefficient (Wildman–Crippen LogP) is 1.14. The number of hydrogen-bond donors (Lipinski definition) is 3. The summed E-state index contributed by atoms with van der Waals surface area (Å²) >= 11 is 0. The highest BCUT2D eigenvalue weighted by molar-refractivity contribution is 5.90. The average Bonchev–Trinajstić information content (AvgIpc) is 2.89. The minimum absolute atomic E-state index is 0.00983. The lowest BCUT2D eigenvalue weighted by Gasteiger charge is -2.20. The number of carbonyl (C=O) groups is 2. The largest absolute Gasteiger partial charge is 0.372 e. The van der Waals surface area contributed by atoms with Gasteiger partial charge in [0.25, 0.3) is 0 Å². The maximum Gasteiger partial charge on any atom is 0.247 e. The number of nitrogens with one attached hydrogen (secondary N) is 3. The Morgan fingerprint density at radius 1 is 1.29 bits per heavy atom. The van der Waals surface area contributed by atoms with Crippen molar-refractivity contribution in [1.29, 1.82) is 0 Å². The Morgan fingerprint density at radius 2 is 1.96 bits per heavy atom. The molecular formula is C17H23N5O2. The van der Waals surface area contributed by atoms with E-state index in [0.717, 1.165) is 24.3 Å². The lowest BCUT2D eigenvalue weighted by atomic mass is 10.0. The fourth-order valence-corrected chi connectivity index (χ4v) is 2.46. The molecule has 1 atom stereocenters. The number of benzene rings is 1. The fourth-order valence-electron chi connectivity index (χ4n) is 2.46. The molecule has 1 fully saturated rings. The number of hydrazine groups is 1. The van der Waals surface area contributed by atoms with Gasteiger partial charge in [0.05, 0.1) is 12.1 Å². The molecule has 1 saturated heterocycles. The number of amides is 2. The Bertz CT molecular complexity index is 619. The minimum atomic E-state index is -0.562. The molecule has 7 nitrogen and oxygen atoms in total. The van der Waals surface area contributed by atoms with Gasteiger partial charge in [-0.1, -0.05) is 18.7 Å². The minimum Gasteiger partial charge on any atom is -0.372 e. The normalized spacial score (nSPS) is 16.8. The molecule has 0 saturated carbocycles. The first-order valence-corrected chi connectivity index (χ1v) is 7.96. The molecule has 1 aromatic carbocycles. The van der Waals surface area contributed by atoms with Crippen LogP contribution in [0.5, 0.6) is 0 Å². The SMILES string of the molecule is C=C1NNC(=O)[C@H]1CC(=O)N/N=C\c1ccc(N(CC)CC)cc1. The van der Waals surface area contributed by atoms with Crippen LogP contribution in [0.15, 0.2) is 41.6 Å². The fraction of sp³-hybridized carbons (Fsp3) is 0.353. The standard InChI is InChI=1S/C17H23N5O2/c1-4-22(5-2)14-8-6-13(7-9-14)11-18-20-16(23)10-15-12(3)19-21-17(15)24/h6-9,11,15,19H,3-5,10H2,1-2H3,(H,20,23)(H,21,24)/b18-11-/t15-/m0/s1. The number of hydrogen-bond acceptors (Lipinski definition) is 5.